The van der Waals surface area contributed by atoms with Crippen molar-refractivity contribution < 1.29 is 14.6 Å². The third kappa shape index (κ3) is 3.78. The lowest BCUT2D eigenvalue weighted by Crippen LogP contribution is -2.57. The SMILES string of the molecule is CC(C)C[C@@H]1OC(O)[C@@H](Cc2ccccc2)NC1=O. The van der Waals surface area contributed by atoms with Crippen LogP contribution in [0.15, 0.2) is 30.3 Å². The number of carbonyl (C=O) groups is 1. The normalized spacial score (nSPS) is 27.4. The standard InChI is InChI=1S/C15H21NO3/c1-10(2)8-13-14(17)16-12(15(18)19-13)9-11-6-4-3-5-7-11/h3-7,10,12-13,15,18H,8-9H2,1-2H3,(H,16,17)/t12-,13+,15?/m1/s1. The topological polar surface area (TPSA) is 58.6 Å². The van der Waals surface area contributed by atoms with Crippen LogP contribution in [-0.2, 0) is 16.0 Å². The smallest absolute Gasteiger partial charge is 0.249 e. The first-order chi connectivity index (χ1) is 9.06. The summed E-state index contributed by atoms with van der Waals surface area (Å²) in [5.74, 6) is 0.230. The zero-order chi connectivity index (χ0) is 13.8. The van der Waals surface area contributed by atoms with Crippen LogP contribution in [0.2, 0.25) is 0 Å². The van der Waals surface area contributed by atoms with Gasteiger partial charge in [0.2, 0.25) is 5.91 Å². The molecule has 0 bridgehead atoms. The summed E-state index contributed by atoms with van der Waals surface area (Å²) in [5, 5.41) is 12.9. The number of carbonyl (C=O) groups excluding carboxylic acids is 1. The molecule has 0 saturated carbocycles. The maximum Gasteiger partial charge on any atom is 0.249 e. The monoisotopic (exact) mass is 263 g/mol. The molecule has 0 aromatic heterocycles. The van der Waals surface area contributed by atoms with Crippen molar-refractivity contribution in [2.45, 2.75) is 45.1 Å². The first-order valence-corrected chi connectivity index (χ1v) is 6.74. The van der Waals surface area contributed by atoms with E-state index in [2.05, 4.69) is 5.32 Å². The van der Waals surface area contributed by atoms with Gasteiger partial charge in [-0.1, -0.05) is 44.2 Å². The Labute approximate surface area is 113 Å². The van der Waals surface area contributed by atoms with E-state index in [1.807, 2.05) is 44.2 Å². The van der Waals surface area contributed by atoms with E-state index in [4.69, 9.17) is 4.74 Å². The van der Waals surface area contributed by atoms with E-state index in [9.17, 15) is 9.90 Å². The molecular formula is C15H21NO3. The van der Waals surface area contributed by atoms with E-state index in [0.717, 1.165) is 5.56 Å². The second-order valence-corrected chi connectivity index (χ2v) is 5.45. The van der Waals surface area contributed by atoms with Crippen LogP contribution in [0.3, 0.4) is 0 Å². The van der Waals surface area contributed by atoms with E-state index < -0.39 is 12.4 Å². The zero-order valence-electron chi connectivity index (χ0n) is 11.4. The number of rotatable bonds is 4. The van der Waals surface area contributed by atoms with Gasteiger partial charge in [0, 0.05) is 0 Å². The Morgan fingerprint density at radius 1 is 1.32 bits per heavy atom. The molecule has 1 heterocycles. The van der Waals surface area contributed by atoms with Crippen molar-refractivity contribution in [3.8, 4) is 0 Å². The highest BCUT2D eigenvalue weighted by Gasteiger charge is 2.35. The fraction of sp³-hybridized carbons (Fsp3) is 0.533. The third-order valence-electron chi connectivity index (χ3n) is 3.25. The Kier molecular flexibility index (Phi) is 4.56. The maximum absolute atomic E-state index is 11.9. The van der Waals surface area contributed by atoms with E-state index >= 15 is 0 Å². The minimum Gasteiger partial charge on any atom is -0.366 e. The predicted octanol–water partition coefficient (Wildman–Crippen LogP) is 1.48. The summed E-state index contributed by atoms with van der Waals surface area (Å²) in [6, 6.07) is 9.38. The molecule has 2 rings (SSSR count). The van der Waals surface area contributed by atoms with Gasteiger partial charge in [0.1, 0.15) is 6.10 Å². The van der Waals surface area contributed by atoms with Crippen molar-refractivity contribution in [3.05, 3.63) is 35.9 Å². The minimum atomic E-state index is -0.943. The molecule has 19 heavy (non-hydrogen) atoms. The van der Waals surface area contributed by atoms with Gasteiger partial charge in [-0.25, -0.2) is 0 Å². The summed E-state index contributed by atoms with van der Waals surface area (Å²) in [4.78, 5) is 11.9. The molecular weight excluding hydrogens is 242 g/mol. The van der Waals surface area contributed by atoms with Gasteiger partial charge in [0.15, 0.2) is 6.29 Å². The van der Waals surface area contributed by atoms with Crippen LogP contribution in [0.5, 0.6) is 0 Å². The van der Waals surface area contributed by atoms with Crippen molar-refractivity contribution >= 4 is 5.91 Å². The fourth-order valence-electron chi connectivity index (χ4n) is 2.28. The molecule has 0 spiro atoms. The average Bonchev–Trinajstić information content (AvgIpc) is 2.36. The van der Waals surface area contributed by atoms with Gasteiger partial charge in [-0.2, -0.15) is 0 Å². The van der Waals surface area contributed by atoms with Gasteiger partial charge >= 0.3 is 0 Å². The van der Waals surface area contributed by atoms with Gasteiger partial charge in [-0.15, -0.1) is 0 Å². The Bertz CT molecular complexity index is 419. The molecule has 1 aliphatic heterocycles. The van der Waals surface area contributed by atoms with E-state index in [-0.39, 0.29) is 11.9 Å². The van der Waals surface area contributed by atoms with E-state index in [1.54, 1.807) is 0 Å². The first kappa shape index (κ1) is 14.0. The number of ether oxygens (including phenoxy) is 1. The number of aliphatic hydroxyl groups is 1. The largest absolute Gasteiger partial charge is 0.366 e. The molecule has 4 nitrogen and oxygen atoms in total. The van der Waals surface area contributed by atoms with Crippen LogP contribution in [-0.4, -0.2) is 29.4 Å². The zero-order valence-corrected chi connectivity index (χ0v) is 11.4. The summed E-state index contributed by atoms with van der Waals surface area (Å²) in [7, 11) is 0. The highest BCUT2D eigenvalue weighted by atomic mass is 16.6. The van der Waals surface area contributed by atoms with E-state index in [0.29, 0.717) is 18.8 Å². The Morgan fingerprint density at radius 3 is 2.63 bits per heavy atom. The molecule has 1 aliphatic rings. The molecule has 0 aliphatic carbocycles. The lowest BCUT2D eigenvalue weighted by atomic mass is 10.0. The number of morpholine rings is 1. The average molecular weight is 263 g/mol. The maximum atomic E-state index is 11.9. The number of aliphatic hydroxyl groups excluding tert-OH is 1. The van der Waals surface area contributed by atoms with Crippen molar-refractivity contribution in [2.24, 2.45) is 5.92 Å². The van der Waals surface area contributed by atoms with Crippen LogP contribution < -0.4 is 5.32 Å². The summed E-state index contributed by atoms with van der Waals surface area (Å²) in [5.41, 5.74) is 1.07. The van der Waals surface area contributed by atoms with Gasteiger partial charge in [0.05, 0.1) is 6.04 Å². The molecule has 1 fully saturated rings. The molecule has 1 saturated heterocycles. The molecule has 1 amide bonds. The third-order valence-corrected chi connectivity index (χ3v) is 3.25. The van der Waals surface area contributed by atoms with Crippen LogP contribution in [0.4, 0.5) is 0 Å². The lowest BCUT2D eigenvalue weighted by molar-refractivity contribution is -0.191. The number of hydrogen-bond acceptors (Lipinski definition) is 3. The van der Waals surface area contributed by atoms with Gasteiger partial charge < -0.3 is 15.2 Å². The molecule has 4 heteroatoms. The number of nitrogens with one attached hydrogen (secondary N) is 1. The van der Waals surface area contributed by atoms with Crippen LogP contribution in [0.1, 0.15) is 25.8 Å². The number of benzene rings is 1. The fourth-order valence-corrected chi connectivity index (χ4v) is 2.28. The van der Waals surface area contributed by atoms with Gasteiger partial charge in [-0.05, 0) is 24.3 Å². The van der Waals surface area contributed by atoms with E-state index in [1.165, 1.54) is 0 Å². The highest BCUT2D eigenvalue weighted by molar-refractivity contribution is 5.81. The first-order valence-electron chi connectivity index (χ1n) is 6.74. The van der Waals surface area contributed by atoms with Crippen molar-refractivity contribution in [1.82, 2.24) is 5.32 Å². The number of hydrogen-bond donors (Lipinski definition) is 2. The van der Waals surface area contributed by atoms with Crippen molar-refractivity contribution in [2.75, 3.05) is 0 Å². The highest BCUT2D eigenvalue weighted by Crippen LogP contribution is 2.18. The van der Waals surface area contributed by atoms with Crippen molar-refractivity contribution in [3.63, 3.8) is 0 Å². The Morgan fingerprint density at radius 2 is 2.00 bits per heavy atom. The predicted molar refractivity (Wildman–Crippen MR) is 72.4 cm³/mol. The Balaban J connectivity index is 1.96. The molecule has 1 aromatic rings. The molecule has 1 aromatic carbocycles. The summed E-state index contributed by atoms with van der Waals surface area (Å²) >= 11 is 0. The summed E-state index contributed by atoms with van der Waals surface area (Å²) in [6.45, 7) is 4.05. The van der Waals surface area contributed by atoms with Crippen molar-refractivity contribution in [1.29, 1.82) is 0 Å². The second kappa shape index (κ2) is 6.17. The molecule has 104 valence electrons. The van der Waals surface area contributed by atoms with Crippen LogP contribution in [0.25, 0.3) is 0 Å². The summed E-state index contributed by atoms with van der Waals surface area (Å²) < 4.78 is 5.44. The van der Waals surface area contributed by atoms with Crippen LogP contribution >= 0.6 is 0 Å². The molecule has 0 radical (unpaired) electrons. The van der Waals surface area contributed by atoms with Gasteiger partial charge in [0.25, 0.3) is 0 Å². The molecule has 1 unspecified atom stereocenters. The lowest BCUT2D eigenvalue weighted by Gasteiger charge is -2.34. The van der Waals surface area contributed by atoms with Crippen LogP contribution in [0, 0.1) is 5.92 Å². The summed E-state index contributed by atoms with van der Waals surface area (Å²) in [6.07, 6.45) is -0.285. The molecule has 2 N–H and O–H groups in total. The second-order valence-electron chi connectivity index (χ2n) is 5.45. The minimum absolute atomic E-state index is 0.125. The Hall–Kier alpha value is -1.39. The quantitative estimate of drug-likeness (QED) is 0.865. The molecule has 3 atom stereocenters. The van der Waals surface area contributed by atoms with Gasteiger partial charge in [-0.3, -0.25) is 4.79 Å². The number of amides is 1.